The van der Waals surface area contributed by atoms with Gasteiger partial charge in [-0.25, -0.2) is 0 Å². The number of Topliss-reactive ketones (excluding diaryl/α,β-unsaturated/α-hetero) is 1. The monoisotopic (exact) mass is 190 g/mol. The second-order valence-corrected chi connectivity index (χ2v) is 3.24. The topological polar surface area (TPSA) is 44.8 Å². The van der Waals surface area contributed by atoms with E-state index in [1.165, 1.54) is 21.3 Å². The van der Waals surface area contributed by atoms with Gasteiger partial charge in [-0.3, -0.25) is 4.79 Å². The van der Waals surface area contributed by atoms with Gasteiger partial charge in [-0.05, 0) is 13.8 Å². The Morgan fingerprint density at radius 2 is 1.69 bits per heavy atom. The fraction of sp³-hybridized carbons (Fsp3) is 0.889. The molecule has 0 rings (SSSR count). The van der Waals surface area contributed by atoms with E-state index >= 15 is 0 Å². The molecule has 0 aromatic carbocycles. The molecular formula is C9H18O4. The van der Waals surface area contributed by atoms with Crippen molar-refractivity contribution in [3.63, 3.8) is 0 Å². The molecule has 0 spiro atoms. The molecule has 0 aromatic rings. The van der Waals surface area contributed by atoms with Crippen molar-refractivity contribution in [2.24, 2.45) is 0 Å². The molecule has 0 unspecified atom stereocenters. The molecule has 4 heteroatoms. The van der Waals surface area contributed by atoms with Crippen molar-refractivity contribution >= 4 is 5.78 Å². The Bertz CT molecular complexity index is 161. The highest BCUT2D eigenvalue weighted by atomic mass is 16.7. The zero-order chi connectivity index (χ0) is 10.5. The maximum Gasteiger partial charge on any atom is 0.169 e. The smallest absolute Gasteiger partial charge is 0.169 e. The molecular weight excluding hydrogens is 172 g/mol. The first-order valence-electron chi connectivity index (χ1n) is 4.12. The molecule has 13 heavy (non-hydrogen) atoms. The normalized spacial score (nSPS) is 12.2. The lowest BCUT2D eigenvalue weighted by atomic mass is 10.0. The van der Waals surface area contributed by atoms with Crippen LogP contribution in [0.15, 0.2) is 0 Å². The third kappa shape index (κ3) is 3.85. The molecule has 0 heterocycles. The van der Waals surface area contributed by atoms with Crippen LogP contribution in [0.25, 0.3) is 0 Å². The summed E-state index contributed by atoms with van der Waals surface area (Å²) in [6, 6.07) is 0. The zero-order valence-electron chi connectivity index (χ0n) is 8.92. The molecule has 0 aliphatic heterocycles. The first-order chi connectivity index (χ1) is 5.97. The van der Waals surface area contributed by atoms with Gasteiger partial charge in [0.15, 0.2) is 12.1 Å². The van der Waals surface area contributed by atoms with Crippen LogP contribution in [0, 0.1) is 0 Å². The van der Waals surface area contributed by atoms with Crippen molar-refractivity contribution in [2.75, 3.05) is 21.3 Å². The molecule has 0 amide bonds. The molecule has 0 radical (unpaired) electrons. The van der Waals surface area contributed by atoms with Gasteiger partial charge in [0.1, 0.15) is 5.60 Å². The summed E-state index contributed by atoms with van der Waals surface area (Å²) >= 11 is 0. The Hall–Kier alpha value is -0.450. The molecule has 0 fully saturated rings. The van der Waals surface area contributed by atoms with Gasteiger partial charge in [0.05, 0.1) is 6.42 Å². The summed E-state index contributed by atoms with van der Waals surface area (Å²) in [7, 11) is 4.51. The Balaban J connectivity index is 4.13. The summed E-state index contributed by atoms with van der Waals surface area (Å²) in [5.74, 6) is -0.0382. The SMILES string of the molecule is COC(CC(=O)C(C)(C)OC)OC. The number of ether oxygens (including phenoxy) is 3. The highest BCUT2D eigenvalue weighted by molar-refractivity contribution is 5.86. The summed E-state index contributed by atoms with van der Waals surface area (Å²) in [4.78, 5) is 11.5. The summed E-state index contributed by atoms with van der Waals surface area (Å²) < 4.78 is 14.9. The average molecular weight is 190 g/mol. The highest BCUT2D eigenvalue weighted by Gasteiger charge is 2.28. The molecule has 0 aromatic heterocycles. The lowest BCUT2D eigenvalue weighted by molar-refractivity contribution is -0.152. The lowest BCUT2D eigenvalue weighted by Gasteiger charge is -2.23. The third-order valence-electron chi connectivity index (χ3n) is 2.06. The van der Waals surface area contributed by atoms with Gasteiger partial charge in [-0.15, -0.1) is 0 Å². The number of hydrogen-bond acceptors (Lipinski definition) is 4. The lowest BCUT2D eigenvalue weighted by Crippen LogP contribution is -2.36. The molecule has 4 nitrogen and oxygen atoms in total. The van der Waals surface area contributed by atoms with Crippen molar-refractivity contribution in [2.45, 2.75) is 32.2 Å². The van der Waals surface area contributed by atoms with Crippen molar-refractivity contribution in [1.29, 1.82) is 0 Å². The third-order valence-corrected chi connectivity index (χ3v) is 2.06. The van der Waals surface area contributed by atoms with Crippen molar-refractivity contribution < 1.29 is 19.0 Å². The predicted molar refractivity (Wildman–Crippen MR) is 48.5 cm³/mol. The van der Waals surface area contributed by atoms with E-state index in [-0.39, 0.29) is 12.2 Å². The molecule has 0 atom stereocenters. The Morgan fingerprint density at radius 1 is 1.23 bits per heavy atom. The number of hydrogen-bond donors (Lipinski definition) is 0. The highest BCUT2D eigenvalue weighted by Crippen LogP contribution is 2.13. The summed E-state index contributed by atoms with van der Waals surface area (Å²) in [5.41, 5.74) is -0.769. The summed E-state index contributed by atoms with van der Waals surface area (Å²) in [5, 5.41) is 0. The van der Waals surface area contributed by atoms with Crippen LogP contribution in [0.2, 0.25) is 0 Å². The van der Waals surface area contributed by atoms with Gasteiger partial charge < -0.3 is 14.2 Å². The maximum absolute atomic E-state index is 11.5. The van der Waals surface area contributed by atoms with Gasteiger partial charge in [0.25, 0.3) is 0 Å². The fourth-order valence-corrected chi connectivity index (χ4v) is 0.774. The van der Waals surface area contributed by atoms with Crippen molar-refractivity contribution in [3.8, 4) is 0 Å². The van der Waals surface area contributed by atoms with Crippen LogP contribution in [0.3, 0.4) is 0 Å². The van der Waals surface area contributed by atoms with Crippen LogP contribution >= 0.6 is 0 Å². The number of rotatable bonds is 6. The second-order valence-electron chi connectivity index (χ2n) is 3.24. The molecule has 0 bridgehead atoms. The van der Waals surface area contributed by atoms with Crippen molar-refractivity contribution in [3.05, 3.63) is 0 Å². The van der Waals surface area contributed by atoms with Gasteiger partial charge in [0, 0.05) is 21.3 Å². The zero-order valence-corrected chi connectivity index (χ0v) is 8.92. The van der Waals surface area contributed by atoms with Crippen molar-refractivity contribution in [1.82, 2.24) is 0 Å². The molecule has 0 aliphatic rings. The Kier molecular flexibility index (Phi) is 5.13. The summed E-state index contributed by atoms with van der Waals surface area (Å²) in [6.45, 7) is 3.44. The van der Waals surface area contributed by atoms with Crippen LogP contribution in [0.4, 0.5) is 0 Å². The molecule has 0 aliphatic carbocycles. The second kappa shape index (κ2) is 5.32. The summed E-state index contributed by atoms with van der Waals surface area (Å²) in [6.07, 6.45) is -0.282. The Labute approximate surface area is 79.2 Å². The first kappa shape index (κ1) is 12.6. The molecule has 78 valence electrons. The largest absolute Gasteiger partial charge is 0.371 e. The van der Waals surface area contributed by atoms with E-state index in [9.17, 15) is 4.79 Å². The average Bonchev–Trinajstić information content (AvgIpc) is 2.13. The van der Waals surface area contributed by atoms with Crippen LogP contribution < -0.4 is 0 Å². The van der Waals surface area contributed by atoms with E-state index in [0.717, 1.165) is 0 Å². The number of ketones is 1. The number of methoxy groups -OCH3 is 3. The van der Waals surface area contributed by atoms with E-state index in [0.29, 0.717) is 0 Å². The standard InChI is InChI=1S/C9H18O4/c1-9(2,13-5)7(10)6-8(11-3)12-4/h8H,6H2,1-5H3. The number of carbonyl (C=O) groups excluding carboxylic acids is 1. The minimum Gasteiger partial charge on any atom is -0.371 e. The minimum absolute atomic E-state index is 0.0382. The number of carbonyl (C=O) groups is 1. The predicted octanol–water partition coefficient (Wildman–Crippen LogP) is 0.989. The molecule has 0 N–H and O–H groups in total. The van der Waals surface area contributed by atoms with Crippen LogP contribution in [-0.2, 0) is 19.0 Å². The van der Waals surface area contributed by atoms with Gasteiger partial charge >= 0.3 is 0 Å². The minimum atomic E-state index is -0.769. The maximum atomic E-state index is 11.5. The van der Waals surface area contributed by atoms with E-state index in [1.807, 2.05) is 0 Å². The molecule has 0 saturated carbocycles. The quantitative estimate of drug-likeness (QED) is 0.586. The van der Waals surface area contributed by atoms with Gasteiger partial charge in [-0.2, -0.15) is 0 Å². The van der Waals surface area contributed by atoms with Gasteiger partial charge in [0.2, 0.25) is 0 Å². The Morgan fingerprint density at radius 3 is 2.00 bits per heavy atom. The van der Waals surface area contributed by atoms with E-state index in [4.69, 9.17) is 14.2 Å². The van der Waals surface area contributed by atoms with E-state index < -0.39 is 11.9 Å². The van der Waals surface area contributed by atoms with Crippen LogP contribution in [0.5, 0.6) is 0 Å². The van der Waals surface area contributed by atoms with Crippen LogP contribution in [-0.4, -0.2) is 39.0 Å². The van der Waals surface area contributed by atoms with E-state index in [1.54, 1.807) is 13.8 Å². The fourth-order valence-electron chi connectivity index (χ4n) is 0.774. The first-order valence-corrected chi connectivity index (χ1v) is 4.12. The van der Waals surface area contributed by atoms with E-state index in [2.05, 4.69) is 0 Å². The molecule has 0 saturated heterocycles. The van der Waals surface area contributed by atoms with Gasteiger partial charge in [-0.1, -0.05) is 0 Å². The van der Waals surface area contributed by atoms with Crippen LogP contribution in [0.1, 0.15) is 20.3 Å².